The molecule has 0 aliphatic rings. The van der Waals surface area contributed by atoms with E-state index in [4.69, 9.17) is 17.2 Å². The zero-order chi connectivity index (χ0) is 23.4. The molecule has 11 N–H and O–H groups in total. The Hall–Kier alpha value is -2.93. The van der Waals surface area contributed by atoms with Crippen LogP contribution in [0.5, 0.6) is 0 Å². The average Bonchev–Trinajstić information content (AvgIpc) is 2.64. The Morgan fingerprint density at radius 2 is 1.50 bits per heavy atom. The van der Waals surface area contributed by atoms with E-state index in [1.54, 1.807) is 13.8 Å². The minimum Gasteiger partial charge on any atom is -0.480 e. The van der Waals surface area contributed by atoms with Crippen LogP contribution in [0.3, 0.4) is 0 Å². The van der Waals surface area contributed by atoms with Gasteiger partial charge >= 0.3 is 5.97 Å². The first-order chi connectivity index (χ1) is 13.9. The quantitative estimate of drug-likeness (QED) is 0.0821. The molecule has 172 valence electrons. The molecule has 0 aromatic carbocycles. The van der Waals surface area contributed by atoms with Crippen molar-refractivity contribution in [3.05, 3.63) is 0 Å². The summed E-state index contributed by atoms with van der Waals surface area (Å²) in [5.41, 5.74) is 15.8. The SMILES string of the molecule is CC(N)C(=O)NC(CO)C(=O)NC(C(=O)NC(CCCN=C(N)N)C(=O)O)C(C)C. The Labute approximate surface area is 174 Å². The van der Waals surface area contributed by atoms with Crippen molar-refractivity contribution in [2.45, 2.75) is 57.8 Å². The molecule has 3 amide bonds. The summed E-state index contributed by atoms with van der Waals surface area (Å²) in [7, 11) is 0. The van der Waals surface area contributed by atoms with Crippen molar-refractivity contribution in [2.75, 3.05) is 13.2 Å². The van der Waals surface area contributed by atoms with E-state index in [1.165, 1.54) is 6.92 Å². The Morgan fingerprint density at radius 1 is 0.933 bits per heavy atom. The monoisotopic (exact) mass is 431 g/mol. The number of nitrogens with zero attached hydrogens (tertiary/aromatic N) is 1. The van der Waals surface area contributed by atoms with Gasteiger partial charge in [0.1, 0.15) is 18.1 Å². The van der Waals surface area contributed by atoms with Gasteiger partial charge in [-0.2, -0.15) is 0 Å². The molecule has 0 spiro atoms. The highest BCUT2D eigenvalue weighted by molar-refractivity contribution is 5.94. The minimum absolute atomic E-state index is 0.0698. The molecule has 0 saturated heterocycles. The molecule has 4 atom stereocenters. The maximum absolute atomic E-state index is 12.6. The summed E-state index contributed by atoms with van der Waals surface area (Å²) in [6.07, 6.45) is 0.379. The van der Waals surface area contributed by atoms with Crippen LogP contribution in [0, 0.1) is 5.92 Å². The summed E-state index contributed by atoms with van der Waals surface area (Å²) in [6, 6.07) is -4.52. The third kappa shape index (κ3) is 10.0. The molecule has 0 saturated carbocycles. The van der Waals surface area contributed by atoms with Gasteiger partial charge in [-0.25, -0.2) is 4.79 Å². The molecule has 0 heterocycles. The van der Waals surface area contributed by atoms with E-state index in [1.807, 2.05) is 0 Å². The standard InChI is InChI=1S/C17H33N7O6/c1-8(2)12(24-14(27)11(7-25)23-13(26)9(3)18)15(28)22-10(16(29)30)5-4-6-21-17(19)20/h8-12,25H,4-7,18H2,1-3H3,(H,22,28)(H,23,26)(H,24,27)(H,29,30)(H4,19,20,21). The fourth-order valence-corrected chi connectivity index (χ4v) is 2.31. The molecule has 0 bridgehead atoms. The normalized spacial score (nSPS) is 14.7. The predicted octanol–water partition coefficient (Wildman–Crippen LogP) is -3.43. The molecule has 0 fully saturated rings. The molecule has 0 aromatic heterocycles. The lowest BCUT2D eigenvalue weighted by Crippen LogP contribution is -2.59. The van der Waals surface area contributed by atoms with Crippen LogP contribution in [0.1, 0.15) is 33.6 Å². The summed E-state index contributed by atoms with van der Waals surface area (Å²) in [6.45, 7) is 4.19. The van der Waals surface area contributed by atoms with Gasteiger partial charge in [0.05, 0.1) is 12.6 Å². The van der Waals surface area contributed by atoms with E-state index >= 15 is 0 Å². The number of hydrogen-bond donors (Lipinski definition) is 8. The van der Waals surface area contributed by atoms with Gasteiger partial charge in [0.15, 0.2) is 5.96 Å². The highest BCUT2D eigenvalue weighted by atomic mass is 16.4. The number of aliphatic imine (C=N–C) groups is 1. The fourth-order valence-electron chi connectivity index (χ4n) is 2.31. The lowest BCUT2D eigenvalue weighted by molar-refractivity contribution is -0.142. The number of nitrogens with two attached hydrogens (primary N) is 3. The number of aliphatic carboxylic acids is 1. The van der Waals surface area contributed by atoms with Crippen molar-refractivity contribution in [3.8, 4) is 0 Å². The Bertz CT molecular complexity index is 634. The highest BCUT2D eigenvalue weighted by Crippen LogP contribution is 2.06. The van der Waals surface area contributed by atoms with Crippen LogP contribution >= 0.6 is 0 Å². The molecule has 0 radical (unpaired) electrons. The fraction of sp³-hybridized carbons (Fsp3) is 0.706. The zero-order valence-electron chi connectivity index (χ0n) is 17.4. The van der Waals surface area contributed by atoms with E-state index < -0.39 is 60.4 Å². The summed E-state index contributed by atoms with van der Waals surface area (Å²) in [4.78, 5) is 51.8. The highest BCUT2D eigenvalue weighted by Gasteiger charge is 2.31. The van der Waals surface area contributed by atoms with Crippen LogP contribution in [-0.2, 0) is 19.2 Å². The van der Waals surface area contributed by atoms with Crippen LogP contribution in [0.2, 0.25) is 0 Å². The number of amides is 3. The summed E-state index contributed by atoms with van der Waals surface area (Å²) in [5, 5.41) is 25.8. The minimum atomic E-state index is -1.31. The van der Waals surface area contributed by atoms with Crippen LogP contribution in [0.15, 0.2) is 4.99 Å². The van der Waals surface area contributed by atoms with Crippen LogP contribution in [-0.4, -0.2) is 77.2 Å². The molecule has 0 aliphatic carbocycles. The Kier molecular flexibility index (Phi) is 12.0. The first-order valence-electron chi connectivity index (χ1n) is 9.46. The second-order valence-corrected chi connectivity index (χ2v) is 7.11. The van der Waals surface area contributed by atoms with Crippen molar-refractivity contribution in [2.24, 2.45) is 28.1 Å². The van der Waals surface area contributed by atoms with Crippen molar-refractivity contribution < 1.29 is 29.4 Å². The van der Waals surface area contributed by atoms with Gasteiger partial charge in [0.25, 0.3) is 0 Å². The molecule has 13 nitrogen and oxygen atoms in total. The first kappa shape index (κ1) is 27.1. The van der Waals surface area contributed by atoms with Crippen LogP contribution in [0.4, 0.5) is 0 Å². The number of carbonyl (C=O) groups excluding carboxylic acids is 3. The average molecular weight is 431 g/mol. The smallest absolute Gasteiger partial charge is 0.326 e. The van der Waals surface area contributed by atoms with E-state index in [0.29, 0.717) is 6.42 Å². The van der Waals surface area contributed by atoms with Gasteiger partial charge in [-0.15, -0.1) is 0 Å². The maximum Gasteiger partial charge on any atom is 0.326 e. The molecule has 30 heavy (non-hydrogen) atoms. The molecular weight excluding hydrogens is 398 g/mol. The van der Waals surface area contributed by atoms with Crippen LogP contribution in [0.25, 0.3) is 0 Å². The summed E-state index contributed by atoms with van der Waals surface area (Å²) >= 11 is 0. The summed E-state index contributed by atoms with van der Waals surface area (Å²) < 4.78 is 0. The van der Waals surface area contributed by atoms with Gasteiger partial charge < -0.3 is 43.4 Å². The zero-order valence-corrected chi connectivity index (χ0v) is 17.4. The number of aliphatic hydroxyl groups excluding tert-OH is 1. The maximum atomic E-state index is 12.6. The molecule has 0 aliphatic heterocycles. The van der Waals surface area contributed by atoms with Gasteiger partial charge in [0, 0.05) is 6.54 Å². The van der Waals surface area contributed by atoms with E-state index in [-0.39, 0.29) is 18.9 Å². The van der Waals surface area contributed by atoms with E-state index in [9.17, 15) is 29.4 Å². The van der Waals surface area contributed by atoms with E-state index in [0.717, 1.165) is 0 Å². The van der Waals surface area contributed by atoms with Crippen molar-refractivity contribution in [1.82, 2.24) is 16.0 Å². The second-order valence-electron chi connectivity index (χ2n) is 7.11. The number of rotatable bonds is 13. The largest absolute Gasteiger partial charge is 0.480 e. The number of carboxylic acid groups (broad SMARTS) is 1. The number of aliphatic hydroxyl groups is 1. The van der Waals surface area contributed by atoms with Crippen molar-refractivity contribution in [3.63, 3.8) is 0 Å². The molecule has 4 unspecified atom stereocenters. The number of carbonyl (C=O) groups is 4. The lowest BCUT2D eigenvalue weighted by Gasteiger charge is -2.26. The topological polar surface area (TPSA) is 235 Å². The number of guanidine groups is 1. The summed E-state index contributed by atoms with van der Waals surface area (Å²) in [5.74, 6) is -3.96. The van der Waals surface area contributed by atoms with Crippen molar-refractivity contribution >= 4 is 29.7 Å². The first-order valence-corrected chi connectivity index (χ1v) is 9.46. The molecule has 0 aromatic rings. The lowest BCUT2D eigenvalue weighted by atomic mass is 10.0. The van der Waals surface area contributed by atoms with Gasteiger partial charge in [0.2, 0.25) is 17.7 Å². The number of carboxylic acids is 1. The third-order valence-electron chi connectivity index (χ3n) is 4.04. The van der Waals surface area contributed by atoms with Crippen molar-refractivity contribution in [1.29, 1.82) is 0 Å². The van der Waals surface area contributed by atoms with Crippen LogP contribution < -0.4 is 33.2 Å². The Morgan fingerprint density at radius 3 is 1.93 bits per heavy atom. The van der Waals surface area contributed by atoms with Gasteiger partial charge in [-0.05, 0) is 25.7 Å². The van der Waals surface area contributed by atoms with Gasteiger partial charge in [-0.1, -0.05) is 13.8 Å². The second kappa shape index (κ2) is 13.3. The number of hydrogen-bond acceptors (Lipinski definition) is 7. The third-order valence-corrected chi connectivity index (χ3v) is 4.04. The molecule has 0 rings (SSSR count). The predicted molar refractivity (Wildman–Crippen MR) is 109 cm³/mol. The molecule has 13 heteroatoms. The molecular formula is C17H33N7O6. The van der Waals surface area contributed by atoms with Gasteiger partial charge in [-0.3, -0.25) is 19.4 Å². The Balaban J connectivity index is 5.09. The number of nitrogens with one attached hydrogen (secondary N) is 3. The van der Waals surface area contributed by atoms with E-state index in [2.05, 4.69) is 20.9 Å².